The lowest BCUT2D eigenvalue weighted by atomic mass is 10.1. The average molecular weight is 366 g/mol. The van der Waals surface area contributed by atoms with Gasteiger partial charge in [0.1, 0.15) is 18.4 Å². The number of benzene rings is 1. The van der Waals surface area contributed by atoms with E-state index in [2.05, 4.69) is 17.2 Å². The van der Waals surface area contributed by atoms with E-state index in [0.717, 1.165) is 10.7 Å². The fourth-order valence-electron chi connectivity index (χ4n) is 2.65. The number of hydrogen-bond acceptors (Lipinski definition) is 5. The first kappa shape index (κ1) is 19.2. The number of carbonyl (C=O) groups is 1. The van der Waals surface area contributed by atoms with Crippen molar-refractivity contribution in [1.82, 2.24) is 9.62 Å². The Hall–Kier alpha value is -2.08. The molecule has 7 nitrogen and oxygen atoms in total. The zero-order chi connectivity index (χ0) is 18.4. The molecular weight excluding hydrogens is 344 g/mol. The molecule has 0 saturated carbocycles. The molecule has 1 heterocycles. The van der Waals surface area contributed by atoms with Crippen LogP contribution >= 0.6 is 0 Å². The van der Waals surface area contributed by atoms with Crippen molar-refractivity contribution in [2.45, 2.75) is 37.2 Å². The van der Waals surface area contributed by atoms with Gasteiger partial charge in [0.25, 0.3) is 0 Å². The van der Waals surface area contributed by atoms with Crippen LogP contribution in [0.2, 0.25) is 0 Å². The van der Waals surface area contributed by atoms with Gasteiger partial charge in [-0.15, -0.1) is 5.92 Å². The normalized spacial score (nSPS) is 21.2. The van der Waals surface area contributed by atoms with Crippen LogP contribution in [0.5, 0.6) is 5.75 Å². The molecule has 136 valence electrons. The number of ether oxygens (including phenoxy) is 1. The van der Waals surface area contributed by atoms with Crippen molar-refractivity contribution in [3.63, 3.8) is 0 Å². The molecule has 0 aromatic heterocycles. The van der Waals surface area contributed by atoms with Crippen molar-refractivity contribution in [2.75, 3.05) is 19.7 Å². The lowest BCUT2D eigenvalue weighted by molar-refractivity contribution is -0.143. The largest absolute Gasteiger partial charge is 0.481 e. The summed E-state index contributed by atoms with van der Waals surface area (Å²) in [5.74, 6) is 5.05. The molecule has 1 aliphatic heterocycles. The first-order valence-corrected chi connectivity index (χ1v) is 9.48. The minimum absolute atomic E-state index is 0.0415. The summed E-state index contributed by atoms with van der Waals surface area (Å²) in [5, 5.41) is 12.4. The number of rotatable bonds is 5. The van der Waals surface area contributed by atoms with E-state index < -0.39 is 28.1 Å². The lowest BCUT2D eigenvalue weighted by Gasteiger charge is -2.36. The Morgan fingerprint density at radius 2 is 2.04 bits per heavy atom. The molecule has 1 fully saturated rings. The Balaban J connectivity index is 2.19. The summed E-state index contributed by atoms with van der Waals surface area (Å²) >= 11 is 0. The number of piperazine rings is 1. The fourth-order valence-corrected chi connectivity index (χ4v) is 4.30. The van der Waals surface area contributed by atoms with Crippen LogP contribution in [0.3, 0.4) is 0 Å². The number of hydrogen-bond donors (Lipinski definition) is 2. The molecule has 0 amide bonds. The Morgan fingerprint density at radius 1 is 1.36 bits per heavy atom. The second-order valence-electron chi connectivity index (χ2n) is 5.61. The Bertz CT molecular complexity index is 764. The van der Waals surface area contributed by atoms with E-state index in [4.69, 9.17) is 4.74 Å². The summed E-state index contributed by atoms with van der Waals surface area (Å²) in [7, 11) is -3.91. The van der Waals surface area contributed by atoms with E-state index >= 15 is 0 Å². The minimum Gasteiger partial charge on any atom is -0.481 e. The molecule has 2 unspecified atom stereocenters. The highest BCUT2D eigenvalue weighted by Crippen LogP contribution is 2.23. The highest BCUT2D eigenvalue weighted by molar-refractivity contribution is 7.89. The van der Waals surface area contributed by atoms with Gasteiger partial charge in [0.2, 0.25) is 10.0 Å². The topological polar surface area (TPSA) is 95.9 Å². The number of carboxylic acids is 1. The van der Waals surface area contributed by atoms with Crippen molar-refractivity contribution in [3.8, 4) is 17.6 Å². The first-order valence-electron chi connectivity index (χ1n) is 8.04. The standard InChI is InChI=1S/C17H22N2O5S/c1-3-4-5-12-24-14-6-8-15(9-7-14)25(22,23)19-11-10-18-13(2)16(19)17(20)21/h6-9,13,16,18H,3,10-12H2,1-2H3,(H,20,21). The molecule has 8 heteroatoms. The predicted molar refractivity (Wildman–Crippen MR) is 92.8 cm³/mol. The maximum Gasteiger partial charge on any atom is 0.323 e. The van der Waals surface area contributed by atoms with Crippen LogP contribution in [-0.2, 0) is 14.8 Å². The Kier molecular flexibility index (Phi) is 6.42. The van der Waals surface area contributed by atoms with Crippen molar-refractivity contribution in [3.05, 3.63) is 24.3 Å². The van der Waals surface area contributed by atoms with Gasteiger partial charge in [0.15, 0.2) is 0 Å². The van der Waals surface area contributed by atoms with Gasteiger partial charge in [-0.3, -0.25) is 4.79 Å². The maximum atomic E-state index is 12.8. The van der Waals surface area contributed by atoms with Crippen LogP contribution in [0, 0.1) is 11.8 Å². The van der Waals surface area contributed by atoms with E-state index in [9.17, 15) is 18.3 Å². The SMILES string of the molecule is CCC#CCOc1ccc(S(=O)(=O)N2CCNC(C)C2C(=O)O)cc1. The van der Waals surface area contributed by atoms with Crippen molar-refractivity contribution in [1.29, 1.82) is 0 Å². The van der Waals surface area contributed by atoms with Gasteiger partial charge in [0.05, 0.1) is 4.90 Å². The molecule has 1 aliphatic rings. The van der Waals surface area contributed by atoms with Crippen LogP contribution in [0.1, 0.15) is 20.3 Å². The molecular formula is C17H22N2O5S. The molecule has 25 heavy (non-hydrogen) atoms. The minimum atomic E-state index is -3.91. The van der Waals surface area contributed by atoms with Crippen LogP contribution in [-0.4, -0.2) is 55.6 Å². The first-order chi connectivity index (χ1) is 11.9. The van der Waals surface area contributed by atoms with Crippen molar-refractivity contribution < 1.29 is 23.1 Å². The van der Waals surface area contributed by atoms with Gasteiger partial charge < -0.3 is 15.2 Å². The quantitative estimate of drug-likeness (QED) is 0.752. The monoisotopic (exact) mass is 366 g/mol. The van der Waals surface area contributed by atoms with Gasteiger partial charge in [0, 0.05) is 25.6 Å². The number of aliphatic carboxylic acids is 1. The van der Waals surface area contributed by atoms with Crippen molar-refractivity contribution in [2.24, 2.45) is 0 Å². The third kappa shape index (κ3) is 4.51. The Labute approximate surface area is 148 Å². The molecule has 0 spiro atoms. The second-order valence-corrected chi connectivity index (χ2v) is 7.50. The van der Waals surface area contributed by atoms with Gasteiger partial charge in [-0.05, 0) is 31.2 Å². The van der Waals surface area contributed by atoms with Crippen LogP contribution < -0.4 is 10.1 Å². The molecule has 1 aromatic carbocycles. The summed E-state index contributed by atoms with van der Waals surface area (Å²) in [5.41, 5.74) is 0. The number of nitrogens with zero attached hydrogens (tertiary/aromatic N) is 1. The molecule has 2 N–H and O–H groups in total. The average Bonchev–Trinajstić information content (AvgIpc) is 2.58. The summed E-state index contributed by atoms with van der Waals surface area (Å²) in [6.45, 7) is 4.34. The zero-order valence-corrected chi connectivity index (χ0v) is 15.0. The van der Waals surface area contributed by atoms with Gasteiger partial charge in [-0.25, -0.2) is 8.42 Å². The number of nitrogens with one attached hydrogen (secondary N) is 1. The predicted octanol–water partition coefficient (Wildman–Crippen LogP) is 0.914. The summed E-state index contributed by atoms with van der Waals surface area (Å²) in [6.07, 6.45) is 0.744. The molecule has 0 aliphatic carbocycles. The van der Waals surface area contributed by atoms with E-state index in [1.165, 1.54) is 12.1 Å². The van der Waals surface area contributed by atoms with E-state index in [0.29, 0.717) is 12.3 Å². The van der Waals surface area contributed by atoms with Crippen LogP contribution in [0.25, 0.3) is 0 Å². The summed E-state index contributed by atoms with van der Waals surface area (Å²) < 4.78 is 32.1. The third-order valence-electron chi connectivity index (χ3n) is 3.88. The van der Waals surface area contributed by atoms with Gasteiger partial charge in [-0.2, -0.15) is 4.31 Å². The molecule has 2 rings (SSSR count). The van der Waals surface area contributed by atoms with E-state index in [1.807, 2.05) is 6.92 Å². The molecule has 0 radical (unpaired) electrons. The van der Waals surface area contributed by atoms with E-state index in [-0.39, 0.29) is 18.0 Å². The zero-order valence-electron chi connectivity index (χ0n) is 14.2. The number of sulfonamides is 1. The highest BCUT2D eigenvalue weighted by atomic mass is 32.2. The van der Waals surface area contributed by atoms with Gasteiger partial charge >= 0.3 is 5.97 Å². The third-order valence-corrected chi connectivity index (χ3v) is 5.77. The highest BCUT2D eigenvalue weighted by Gasteiger charge is 2.41. The fraction of sp³-hybridized carbons (Fsp3) is 0.471. The summed E-state index contributed by atoms with van der Waals surface area (Å²) in [6, 6.07) is 4.32. The van der Waals surface area contributed by atoms with Gasteiger partial charge in [-0.1, -0.05) is 12.8 Å². The second kappa shape index (κ2) is 8.34. The molecule has 1 aromatic rings. The Morgan fingerprint density at radius 3 is 2.64 bits per heavy atom. The van der Waals surface area contributed by atoms with Crippen molar-refractivity contribution >= 4 is 16.0 Å². The number of carboxylic acid groups (broad SMARTS) is 1. The van der Waals surface area contributed by atoms with Crippen LogP contribution in [0.4, 0.5) is 0 Å². The lowest BCUT2D eigenvalue weighted by Crippen LogP contribution is -2.61. The molecule has 1 saturated heterocycles. The molecule has 0 bridgehead atoms. The van der Waals surface area contributed by atoms with Crippen LogP contribution in [0.15, 0.2) is 29.2 Å². The van der Waals surface area contributed by atoms with E-state index in [1.54, 1.807) is 19.1 Å². The summed E-state index contributed by atoms with van der Waals surface area (Å²) in [4.78, 5) is 11.5. The maximum absolute atomic E-state index is 12.8. The molecule has 2 atom stereocenters. The smallest absolute Gasteiger partial charge is 0.323 e.